The summed E-state index contributed by atoms with van der Waals surface area (Å²) in [6.07, 6.45) is 1.15. The third kappa shape index (κ3) is 3.92. The molecule has 2 aliphatic heterocycles. The molecular weight excluding hydrogens is 445 g/mol. The van der Waals surface area contributed by atoms with Crippen LogP contribution in [0.1, 0.15) is 40.0 Å². The van der Waals surface area contributed by atoms with Crippen molar-refractivity contribution in [1.82, 2.24) is 4.90 Å². The van der Waals surface area contributed by atoms with Gasteiger partial charge >= 0.3 is 0 Å². The van der Waals surface area contributed by atoms with E-state index in [0.717, 1.165) is 9.80 Å². The van der Waals surface area contributed by atoms with Gasteiger partial charge in [-0.25, -0.2) is 0 Å². The Labute approximate surface area is 186 Å². The van der Waals surface area contributed by atoms with E-state index in [1.165, 1.54) is 24.3 Å². The number of hydrogen-bond acceptors (Lipinski definition) is 5. The van der Waals surface area contributed by atoms with E-state index in [0.29, 0.717) is 30.6 Å². The number of nitrogens with zero attached hydrogens (tertiary/aromatic N) is 2. The van der Waals surface area contributed by atoms with E-state index in [9.17, 15) is 24.0 Å². The SMILES string of the molecule is O=C(CN1C(=O)c2cc(Cl)c(Cl)cc2C1=O)Nc1ccc(N2C(=O)CCCC2=O)cc1. The largest absolute Gasteiger partial charge is 0.325 e. The van der Waals surface area contributed by atoms with E-state index in [4.69, 9.17) is 23.2 Å². The van der Waals surface area contributed by atoms with Crippen molar-refractivity contribution < 1.29 is 24.0 Å². The van der Waals surface area contributed by atoms with Crippen LogP contribution in [-0.4, -0.2) is 41.0 Å². The monoisotopic (exact) mass is 459 g/mol. The number of piperidine rings is 1. The van der Waals surface area contributed by atoms with Gasteiger partial charge in [0.2, 0.25) is 17.7 Å². The van der Waals surface area contributed by atoms with Crippen LogP contribution >= 0.6 is 23.2 Å². The Kier molecular flexibility index (Phi) is 5.51. The second kappa shape index (κ2) is 8.13. The predicted molar refractivity (Wildman–Crippen MR) is 113 cm³/mol. The molecule has 31 heavy (non-hydrogen) atoms. The van der Waals surface area contributed by atoms with Gasteiger partial charge in [0.05, 0.1) is 26.9 Å². The number of imide groups is 2. The van der Waals surface area contributed by atoms with Crippen molar-refractivity contribution in [2.24, 2.45) is 0 Å². The lowest BCUT2D eigenvalue weighted by atomic mass is 10.1. The average Bonchev–Trinajstić information content (AvgIpc) is 2.94. The maximum absolute atomic E-state index is 12.5. The number of carbonyl (C=O) groups excluding carboxylic acids is 5. The molecule has 1 fully saturated rings. The molecule has 10 heteroatoms. The Morgan fingerprint density at radius 3 is 1.90 bits per heavy atom. The molecule has 2 aromatic carbocycles. The summed E-state index contributed by atoms with van der Waals surface area (Å²) in [5, 5.41) is 2.86. The quantitative estimate of drug-likeness (QED) is 0.706. The molecule has 0 saturated carbocycles. The highest BCUT2D eigenvalue weighted by Gasteiger charge is 2.37. The molecule has 0 aliphatic carbocycles. The second-order valence-electron chi connectivity index (χ2n) is 7.08. The van der Waals surface area contributed by atoms with Crippen LogP contribution in [0.3, 0.4) is 0 Å². The zero-order chi connectivity index (χ0) is 22.3. The number of fused-ring (bicyclic) bond motifs is 1. The minimum Gasteiger partial charge on any atom is -0.325 e. The van der Waals surface area contributed by atoms with Gasteiger partial charge < -0.3 is 5.32 Å². The highest BCUT2D eigenvalue weighted by molar-refractivity contribution is 6.43. The molecule has 1 saturated heterocycles. The fourth-order valence-corrected chi connectivity index (χ4v) is 3.83. The van der Waals surface area contributed by atoms with Crippen molar-refractivity contribution in [2.45, 2.75) is 19.3 Å². The lowest BCUT2D eigenvalue weighted by molar-refractivity contribution is -0.129. The average molecular weight is 460 g/mol. The van der Waals surface area contributed by atoms with Crippen molar-refractivity contribution in [1.29, 1.82) is 0 Å². The van der Waals surface area contributed by atoms with Crippen LogP contribution in [0.5, 0.6) is 0 Å². The summed E-state index contributed by atoms with van der Waals surface area (Å²) in [6, 6.07) is 8.76. The Balaban J connectivity index is 1.43. The summed E-state index contributed by atoms with van der Waals surface area (Å²) in [4.78, 5) is 63.4. The molecule has 0 radical (unpaired) electrons. The number of carbonyl (C=O) groups is 5. The molecule has 2 aliphatic rings. The molecule has 8 nitrogen and oxygen atoms in total. The molecule has 2 aromatic rings. The van der Waals surface area contributed by atoms with Crippen molar-refractivity contribution in [3.8, 4) is 0 Å². The second-order valence-corrected chi connectivity index (χ2v) is 7.89. The summed E-state index contributed by atoms with van der Waals surface area (Å²) < 4.78 is 0. The van der Waals surface area contributed by atoms with Crippen molar-refractivity contribution in [3.05, 3.63) is 57.6 Å². The molecule has 2 heterocycles. The smallest absolute Gasteiger partial charge is 0.262 e. The van der Waals surface area contributed by atoms with E-state index in [2.05, 4.69) is 5.32 Å². The van der Waals surface area contributed by atoms with Crippen LogP contribution < -0.4 is 10.2 Å². The van der Waals surface area contributed by atoms with Crippen LogP contribution in [0.4, 0.5) is 11.4 Å². The molecular formula is C21H15Cl2N3O5. The molecule has 1 N–H and O–H groups in total. The third-order valence-corrected chi connectivity index (χ3v) is 5.72. The van der Waals surface area contributed by atoms with Gasteiger partial charge in [0.1, 0.15) is 6.54 Å². The van der Waals surface area contributed by atoms with E-state index in [1.54, 1.807) is 12.1 Å². The van der Waals surface area contributed by atoms with Crippen LogP contribution in [0.15, 0.2) is 36.4 Å². The highest BCUT2D eigenvalue weighted by atomic mass is 35.5. The van der Waals surface area contributed by atoms with Crippen molar-refractivity contribution in [3.63, 3.8) is 0 Å². The Bertz CT molecular complexity index is 1090. The van der Waals surface area contributed by atoms with E-state index < -0.39 is 24.3 Å². The Hall–Kier alpha value is -3.23. The Morgan fingerprint density at radius 2 is 1.39 bits per heavy atom. The van der Waals surface area contributed by atoms with Gasteiger partial charge in [0.15, 0.2) is 0 Å². The van der Waals surface area contributed by atoms with E-state index in [1.807, 2.05) is 0 Å². The first kappa shape index (κ1) is 21.0. The number of halogens is 2. The van der Waals surface area contributed by atoms with Gasteiger partial charge in [-0.2, -0.15) is 0 Å². The lowest BCUT2D eigenvalue weighted by Crippen LogP contribution is -2.40. The number of amides is 5. The minimum absolute atomic E-state index is 0.0902. The zero-order valence-corrected chi connectivity index (χ0v) is 17.5. The van der Waals surface area contributed by atoms with Gasteiger partial charge in [-0.3, -0.25) is 33.8 Å². The summed E-state index contributed by atoms with van der Waals surface area (Å²) in [5.41, 5.74) is 0.981. The third-order valence-electron chi connectivity index (χ3n) is 5.00. The van der Waals surface area contributed by atoms with Gasteiger partial charge in [0, 0.05) is 18.5 Å². The summed E-state index contributed by atoms with van der Waals surface area (Å²) in [7, 11) is 0. The topological polar surface area (TPSA) is 104 Å². The Morgan fingerprint density at radius 1 is 0.871 bits per heavy atom. The van der Waals surface area contributed by atoms with E-state index in [-0.39, 0.29) is 33.0 Å². The van der Waals surface area contributed by atoms with Gasteiger partial charge in [-0.05, 0) is 42.8 Å². The molecule has 0 unspecified atom stereocenters. The van der Waals surface area contributed by atoms with Crippen LogP contribution in [0.25, 0.3) is 0 Å². The summed E-state index contributed by atoms with van der Waals surface area (Å²) >= 11 is 11.8. The molecule has 0 aromatic heterocycles. The van der Waals surface area contributed by atoms with Crippen molar-refractivity contribution in [2.75, 3.05) is 16.8 Å². The molecule has 0 bridgehead atoms. The van der Waals surface area contributed by atoms with E-state index >= 15 is 0 Å². The summed E-state index contributed by atoms with van der Waals surface area (Å²) in [6.45, 7) is -0.494. The molecule has 0 atom stereocenters. The van der Waals surface area contributed by atoms with Gasteiger partial charge in [0.25, 0.3) is 11.8 Å². The molecule has 4 rings (SSSR count). The number of anilines is 2. The fourth-order valence-electron chi connectivity index (χ4n) is 3.51. The van der Waals surface area contributed by atoms with Crippen LogP contribution in [-0.2, 0) is 14.4 Å². The normalized spacial score (nSPS) is 16.1. The van der Waals surface area contributed by atoms with Gasteiger partial charge in [-0.15, -0.1) is 0 Å². The van der Waals surface area contributed by atoms with Crippen LogP contribution in [0.2, 0.25) is 10.0 Å². The summed E-state index contributed by atoms with van der Waals surface area (Å²) in [5.74, 6) is -2.39. The number of nitrogens with one attached hydrogen (secondary N) is 1. The highest BCUT2D eigenvalue weighted by Crippen LogP contribution is 2.31. The number of benzene rings is 2. The fraction of sp³-hybridized carbons (Fsp3) is 0.190. The lowest BCUT2D eigenvalue weighted by Gasteiger charge is -2.25. The predicted octanol–water partition coefficient (Wildman–Crippen LogP) is 3.27. The number of hydrogen-bond donors (Lipinski definition) is 1. The first-order chi connectivity index (χ1) is 14.8. The number of rotatable bonds is 4. The zero-order valence-electron chi connectivity index (χ0n) is 16.0. The minimum atomic E-state index is -0.633. The standard InChI is InChI=1S/C21H15Cl2N3O5/c22-15-8-13-14(9-16(15)23)21(31)25(20(13)30)10-17(27)24-11-4-6-12(7-5-11)26-18(28)2-1-3-19(26)29/h4-9H,1-3,10H2,(H,24,27). The molecule has 5 amide bonds. The van der Waals surface area contributed by atoms with Crippen molar-refractivity contribution >= 4 is 64.1 Å². The molecule has 0 spiro atoms. The maximum Gasteiger partial charge on any atom is 0.262 e. The maximum atomic E-state index is 12.5. The van der Waals surface area contributed by atoms with Crippen LogP contribution in [0, 0.1) is 0 Å². The molecule has 158 valence electrons. The first-order valence-corrected chi connectivity index (χ1v) is 10.1. The first-order valence-electron chi connectivity index (χ1n) is 9.37. The van der Waals surface area contributed by atoms with Gasteiger partial charge in [-0.1, -0.05) is 23.2 Å².